The molecule has 3 rings (SSSR count). The van der Waals surface area contributed by atoms with Crippen LogP contribution in [0.3, 0.4) is 0 Å². The van der Waals surface area contributed by atoms with Crippen LogP contribution < -0.4 is 11.1 Å². The number of carbonyl (C=O) groups excluding carboxylic acids is 2. The summed E-state index contributed by atoms with van der Waals surface area (Å²) >= 11 is 0. The third kappa shape index (κ3) is 3.96. The molecular weight excluding hydrogens is 318 g/mol. The molecule has 7 heteroatoms. The number of nitrogens with one attached hydrogen (secondary N) is 1. The van der Waals surface area contributed by atoms with Gasteiger partial charge in [0.15, 0.2) is 0 Å². The van der Waals surface area contributed by atoms with Crippen molar-refractivity contribution in [2.24, 2.45) is 24.1 Å². The van der Waals surface area contributed by atoms with Crippen LogP contribution in [0, 0.1) is 11.3 Å². The second-order valence-electron chi connectivity index (χ2n) is 8.37. The molecule has 3 atom stereocenters. The van der Waals surface area contributed by atoms with E-state index in [9.17, 15) is 9.59 Å². The van der Waals surface area contributed by atoms with Crippen molar-refractivity contribution in [2.75, 3.05) is 13.1 Å². The van der Waals surface area contributed by atoms with Gasteiger partial charge in [0.25, 0.3) is 0 Å². The highest BCUT2D eigenvalue weighted by Crippen LogP contribution is 2.36. The molecule has 1 aromatic rings. The number of urea groups is 1. The first-order valence-electron chi connectivity index (χ1n) is 9.08. The van der Waals surface area contributed by atoms with E-state index in [-0.39, 0.29) is 35.2 Å². The molecule has 2 heterocycles. The molecule has 1 saturated heterocycles. The average Bonchev–Trinajstić information content (AvgIpc) is 3.12. The topological polar surface area (TPSA) is 93.3 Å². The molecule has 0 spiro atoms. The minimum atomic E-state index is -0.363. The van der Waals surface area contributed by atoms with Gasteiger partial charge in [-0.15, -0.1) is 0 Å². The Labute approximate surface area is 148 Å². The summed E-state index contributed by atoms with van der Waals surface area (Å²) in [5.41, 5.74) is 6.82. The van der Waals surface area contributed by atoms with Gasteiger partial charge in [-0.25, -0.2) is 4.79 Å². The molecule has 1 aromatic heterocycles. The number of carbonyl (C=O) groups is 2. The summed E-state index contributed by atoms with van der Waals surface area (Å²) in [6.07, 6.45) is 8.01. The summed E-state index contributed by atoms with van der Waals surface area (Å²) in [4.78, 5) is 26.3. The minimum absolute atomic E-state index is 0.0830. The van der Waals surface area contributed by atoms with Crippen LogP contribution in [0.15, 0.2) is 12.4 Å². The highest BCUT2D eigenvalue weighted by Gasteiger charge is 2.40. The number of hydrogen-bond donors (Lipinski definition) is 2. The monoisotopic (exact) mass is 347 g/mol. The Hall–Kier alpha value is -2.05. The number of primary amides is 1. The lowest BCUT2D eigenvalue weighted by Gasteiger charge is -2.36. The Morgan fingerprint density at radius 2 is 2.12 bits per heavy atom. The number of amides is 3. The van der Waals surface area contributed by atoms with Crippen LogP contribution in [0.2, 0.25) is 0 Å². The summed E-state index contributed by atoms with van der Waals surface area (Å²) < 4.78 is 1.71. The first kappa shape index (κ1) is 17.8. The van der Waals surface area contributed by atoms with Gasteiger partial charge in [0.2, 0.25) is 5.91 Å². The highest BCUT2D eigenvalue weighted by molar-refractivity contribution is 5.81. The van der Waals surface area contributed by atoms with E-state index in [0.29, 0.717) is 13.1 Å². The summed E-state index contributed by atoms with van der Waals surface area (Å²) in [5.74, 6) is -0.805. The largest absolute Gasteiger partial charge is 0.369 e. The summed E-state index contributed by atoms with van der Waals surface area (Å²) in [6, 6.07) is 0.126. The third-order valence-corrected chi connectivity index (χ3v) is 5.66. The molecule has 1 saturated carbocycles. The predicted molar refractivity (Wildman–Crippen MR) is 94.8 cm³/mol. The predicted octanol–water partition coefficient (Wildman–Crippen LogP) is 1.60. The number of hydrogen-bond acceptors (Lipinski definition) is 3. The van der Waals surface area contributed by atoms with Crippen molar-refractivity contribution >= 4 is 11.9 Å². The fraction of sp³-hybridized carbons (Fsp3) is 0.722. The van der Waals surface area contributed by atoms with Crippen LogP contribution in [0.1, 0.15) is 51.0 Å². The normalized spacial score (nSPS) is 28.8. The molecule has 3 N–H and O–H groups in total. The maximum absolute atomic E-state index is 12.7. The van der Waals surface area contributed by atoms with E-state index in [0.717, 1.165) is 24.8 Å². The molecular formula is C18H29N5O2. The lowest BCUT2D eigenvalue weighted by molar-refractivity contribution is -0.121. The first-order valence-corrected chi connectivity index (χ1v) is 9.08. The van der Waals surface area contributed by atoms with E-state index < -0.39 is 0 Å². The van der Waals surface area contributed by atoms with Gasteiger partial charge in [-0.05, 0) is 30.2 Å². The van der Waals surface area contributed by atoms with E-state index in [1.807, 2.05) is 13.2 Å². The van der Waals surface area contributed by atoms with E-state index in [2.05, 4.69) is 24.3 Å². The van der Waals surface area contributed by atoms with Crippen LogP contribution in [0.25, 0.3) is 0 Å². The molecule has 138 valence electrons. The van der Waals surface area contributed by atoms with Crippen LogP contribution in [-0.4, -0.2) is 45.8 Å². The zero-order chi connectivity index (χ0) is 18.2. The lowest BCUT2D eigenvalue weighted by Crippen LogP contribution is -2.47. The smallest absolute Gasteiger partial charge is 0.317 e. The van der Waals surface area contributed by atoms with E-state index in [1.54, 1.807) is 15.8 Å². The van der Waals surface area contributed by atoms with Crippen molar-refractivity contribution < 1.29 is 9.59 Å². The second-order valence-corrected chi connectivity index (χ2v) is 8.37. The van der Waals surface area contributed by atoms with Gasteiger partial charge in [0, 0.05) is 38.3 Å². The third-order valence-electron chi connectivity index (χ3n) is 5.66. The molecule has 2 aliphatic rings. The van der Waals surface area contributed by atoms with Gasteiger partial charge in [-0.2, -0.15) is 5.10 Å². The summed E-state index contributed by atoms with van der Waals surface area (Å²) in [6.45, 7) is 5.38. The fourth-order valence-corrected chi connectivity index (χ4v) is 4.31. The number of nitrogens with two attached hydrogens (primary N) is 1. The fourth-order valence-electron chi connectivity index (χ4n) is 4.31. The Kier molecular flexibility index (Phi) is 4.75. The molecule has 0 bridgehead atoms. The van der Waals surface area contributed by atoms with Gasteiger partial charge in [-0.1, -0.05) is 20.3 Å². The van der Waals surface area contributed by atoms with Crippen molar-refractivity contribution in [3.05, 3.63) is 18.0 Å². The van der Waals surface area contributed by atoms with Crippen LogP contribution in [-0.2, 0) is 11.8 Å². The Morgan fingerprint density at radius 3 is 2.72 bits per heavy atom. The average molecular weight is 347 g/mol. The van der Waals surface area contributed by atoms with Crippen molar-refractivity contribution in [1.29, 1.82) is 0 Å². The van der Waals surface area contributed by atoms with E-state index >= 15 is 0 Å². The summed E-state index contributed by atoms with van der Waals surface area (Å²) in [7, 11) is 1.84. The quantitative estimate of drug-likeness (QED) is 0.870. The minimum Gasteiger partial charge on any atom is -0.369 e. The van der Waals surface area contributed by atoms with E-state index in [4.69, 9.17) is 5.73 Å². The number of aryl methyl sites for hydroxylation is 1. The molecule has 0 aromatic carbocycles. The molecule has 7 nitrogen and oxygen atoms in total. The second kappa shape index (κ2) is 6.69. The Balaban J connectivity index is 1.66. The van der Waals surface area contributed by atoms with Gasteiger partial charge in [0.05, 0.1) is 12.1 Å². The van der Waals surface area contributed by atoms with Gasteiger partial charge < -0.3 is 16.0 Å². The highest BCUT2D eigenvalue weighted by atomic mass is 16.2. The van der Waals surface area contributed by atoms with Crippen LogP contribution >= 0.6 is 0 Å². The van der Waals surface area contributed by atoms with Crippen LogP contribution in [0.4, 0.5) is 4.79 Å². The number of rotatable bonds is 3. The van der Waals surface area contributed by atoms with Crippen molar-refractivity contribution in [3.63, 3.8) is 0 Å². The standard InChI is InChI=1S/C18H29N5O2/c1-18(2)6-4-5-13(7-18)21-17(25)23-10-14(15(11-23)16(19)24)12-8-20-22(3)9-12/h8-9,13-15H,4-7,10-11H2,1-3H3,(H2,19,24)(H,21,25)/t13?,14-,15+/m1/s1. The molecule has 3 amide bonds. The van der Waals surface area contributed by atoms with Gasteiger partial charge in [0.1, 0.15) is 0 Å². The maximum Gasteiger partial charge on any atom is 0.317 e. The van der Waals surface area contributed by atoms with Gasteiger partial charge >= 0.3 is 6.03 Å². The number of nitrogens with zero attached hydrogens (tertiary/aromatic N) is 3. The molecule has 0 radical (unpaired) electrons. The lowest BCUT2D eigenvalue weighted by atomic mass is 9.75. The Bertz CT molecular complexity index is 654. The Morgan fingerprint density at radius 1 is 1.36 bits per heavy atom. The SMILES string of the molecule is Cn1cc([C@H]2CN(C(=O)NC3CCCC(C)(C)C3)C[C@@H]2C(N)=O)cn1. The van der Waals surface area contributed by atoms with Crippen molar-refractivity contribution in [2.45, 2.75) is 51.5 Å². The molecule has 1 aliphatic heterocycles. The molecule has 1 unspecified atom stereocenters. The zero-order valence-electron chi connectivity index (χ0n) is 15.4. The van der Waals surface area contributed by atoms with Gasteiger partial charge in [-0.3, -0.25) is 9.48 Å². The number of aromatic nitrogens is 2. The first-order chi connectivity index (χ1) is 11.7. The summed E-state index contributed by atoms with van der Waals surface area (Å²) in [5, 5.41) is 7.35. The maximum atomic E-state index is 12.7. The number of likely N-dealkylation sites (tertiary alicyclic amines) is 1. The molecule has 1 aliphatic carbocycles. The molecule has 25 heavy (non-hydrogen) atoms. The van der Waals surface area contributed by atoms with Crippen molar-refractivity contribution in [3.8, 4) is 0 Å². The zero-order valence-corrected chi connectivity index (χ0v) is 15.4. The van der Waals surface area contributed by atoms with Crippen molar-refractivity contribution in [1.82, 2.24) is 20.0 Å². The molecule has 2 fully saturated rings. The van der Waals surface area contributed by atoms with Crippen LogP contribution in [0.5, 0.6) is 0 Å². The van der Waals surface area contributed by atoms with E-state index in [1.165, 1.54) is 6.42 Å².